The summed E-state index contributed by atoms with van der Waals surface area (Å²) in [6.07, 6.45) is 1.18. The van der Waals surface area contributed by atoms with E-state index in [9.17, 15) is 9.59 Å². The van der Waals surface area contributed by atoms with E-state index in [0.29, 0.717) is 29.1 Å². The largest absolute Gasteiger partial charge is 0.357 e. The lowest BCUT2D eigenvalue weighted by atomic mass is 10.1. The molecule has 0 radical (unpaired) electrons. The Bertz CT molecular complexity index is 893. The summed E-state index contributed by atoms with van der Waals surface area (Å²) in [4.78, 5) is 24.2. The third-order valence-electron chi connectivity index (χ3n) is 4.11. The second-order valence-corrected chi connectivity index (χ2v) is 7.35. The minimum Gasteiger partial charge on any atom is -0.357 e. The maximum Gasteiger partial charge on any atom is 0.255 e. The van der Waals surface area contributed by atoms with Gasteiger partial charge in [0.25, 0.3) is 5.91 Å². The molecule has 6 heteroatoms. The summed E-state index contributed by atoms with van der Waals surface area (Å²) in [6.45, 7) is 1.81. The van der Waals surface area contributed by atoms with E-state index in [0.717, 1.165) is 20.5 Å². The lowest BCUT2D eigenvalue weighted by Crippen LogP contribution is -2.13. The third kappa shape index (κ3) is 4.04. The molecule has 0 heterocycles. The molecule has 2 aromatic rings. The van der Waals surface area contributed by atoms with Crippen molar-refractivity contribution in [2.45, 2.75) is 19.8 Å². The molecular formula is C19H16ClIN2O2. The summed E-state index contributed by atoms with van der Waals surface area (Å²) in [5, 5.41) is 6.61. The van der Waals surface area contributed by atoms with Crippen LogP contribution in [0.5, 0.6) is 0 Å². The van der Waals surface area contributed by atoms with Crippen LogP contribution < -0.4 is 10.6 Å². The monoisotopic (exact) mass is 466 g/mol. The maximum atomic E-state index is 12.5. The molecule has 1 amide bonds. The van der Waals surface area contributed by atoms with E-state index >= 15 is 0 Å². The topological polar surface area (TPSA) is 58.2 Å². The van der Waals surface area contributed by atoms with Crippen LogP contribution in [0.15, 0.2) is 53.7 Å². The number of hydrogen-bond acceptors (Lipinski definition) is 3. The second kappa shape index (κ2) is 7.58. The Morgan fingerprint density at radius 3 is 2.56 bits per heavy atom. The number of rotatable bonds is 4. The first kappa shape index (κ1) is 17.9. The highest BCUT2D eigenvalue weighted by atomic mass is 127. The fourth-order valence-electron chi connectivity index (χ4n) is 2.62. The predicted octanol–water partition coefficient (Wildman–Crippen LogP) is 5.25. The maximum absolute atomic E-state index is 12.5. The number of carbonyl (C=O) groups excluding carboxylic acids is 2. The summed E-state index contributed by atoms with van der Waals surface area (Å²) in [5.41, 5.74) is 3.47. The number of ketones is 1. The molecule has 0 saturated carbocycles. The molecule has 0 unspecified atom stereocenters. The zero-order valence-corrected chi connectivity index (χ0v) is 16.4. The van der Waals surface area contributed by atoms with Crippen molar-refractivity contribution in [2.75, 3.05) is 10.6 Å². The van der Waals surface area contributed by atoms with Crippen molar-refractivity contribution >= 4 is 57.3 Å². The fraction of sp³-hybridized carbons (Fsp3) is 0.158. The van der Waals surface area contributed by atoms with Gasteiger partial charge in [-0.2, -0.15) is 0 Å². The van der Waals surface area contributed by atoms with Crippen LogP contribution in [0.2, 0.25) is 5.02 Å². The van der Waals surface area contributed by atoms with Crippen LogP contribution in [-0.2, 0) is 4.79 Å². The number of allylic oxidation sites excluding steroid dienone is 2. The highest BCUT2D eigenvalue weighted by molar-refractivity contribution is 14.1. The standard InChI is InChI=1S/C19H16ClIN2O2/c1-11-15(8-9-18(11)24)22-17-10-12(6-7-13(17)20)19(25)23-16-5-3-2-4-14(16)21/h2-7,10,22H,8-9H2,1H3,(H,23,25). The van der Waals surface area contributed by atoms with E-state index in [1.807, 2.05) is 24.3 Å². The van der Waals surface area contributed by atoms with Gasteiger partial charge in [0.15, 0.2) is 5.78 Å². The summed E-state index contributed by atoms with van der Waals surface area (Å²) in [6, 6.07) is 12.6. The summed E-state index contributed by atoms with van der Waals surface area (Å²) >= 11 is 8.42. The number of carbonyl (C=O) groups is 2. The van der Waals surface area contributed by atoms with E-state index in [2.05, 4.69) is 33.2 Å². The molecule has 2 aromatic carbocycles. The minimum atomic E-state index is -0.211. The highest BCUT2D eigenvalue weighted by Crippen LogP contribution is 2.30. The van der Waals surface area contributed by atoms with Crippen molar-refractivity contribution in [1.82, 2.24) is 0 Å². The molecular weight excluding hydrogens is 451 g/mol. The SMILES string of the molecule is CC1=C(Nc2cc(C(=O)Nc3ccccc3I)ccc2Cl)CCC1=O. The van der Waals surface area contributed by atoms with Gasteiger partial charge in [-0.25, -0.2) is 0 Å². The van der Waals surface area contributed by atoms with Gasteiger partial charge in [0.2, 0.25) is 0 Å². The van der Waals surface area contributed by atoms with Crippen LogP contribution in [0, 0.1) is 3.57 Å². The Morgan fingerprint density at radius 2 is 1.88 bits per heavy atom. The lowest BCUT2D eigenvalue weighted by Gasteiger charge is -2.12. The van der Waals surface area contributed by atoms with Gasteiger partial charge in [0.05, 0.1) is 16.4 Å². The van der Waals surface area contributed by atoms with Crippen LogP contribution >= 0.6 is 34.2 Å². The first-order chi connectivity index (χ1) is 12.0. The second-order valence-electron chi connectivity index (χ2n) is 5.78. The number of nitrogens with one attached hydrogen (secondary N) is 2. The molecule has 0 aliphatic heterocycles. The Morgan fingerprint density at radius 1 is 1.12 bits per heavy atom. The zero-order chi connectivity index (χ0) is 18.0. The lowest BCUT2D eigenvalue weighted by molar-refractivity contribution is -0.114. The predicted molar refractivity (Wildman–Crippen MR) is 109 cm³/mol. The third-order valence-corrected chi connectivity index (χ3v) is 5.38. The quantitative estimate of drug-likeness (QED) is 0.606. The molecule has 2 N–H and O–H groups in total. The molecule has 0 spiro atoms. The van der Waals surface area contributed by atoms with Crippen LogP contribution in [0.25, 0.3) is 0 Å². The molecule has 1 aliphatic carbocycles. The van der Waals surface area contributed by atoms with E-state index in [-0.39, 0.29) is 11.7 Å². The van der Waals surface area contributed by atoms with Crippen LogP contribution in [0.1, 0.15) is 30.1 Å². The van der Waals surface area contributed by atoms with E-state index in [1.54, 1.807) is 25.1 Å². The van der Waals surface area contributed by atoms with Gasteiger partial charge < -0.3 is 10.6 Å². The molecule has 1 aliphatic rings. The number of anilines is 2. The number of amides is 1. The molecule has 0 aromatic heterocycles. The van der Waals surface area contributed by atoms with Crippen LogP contribution in [-0.4, -0.2) is 11.7 Å². The molecule has 128 valence electrons. The molecule has 25 heavy (non-hydrogen) atoms. The van der Waals surface area contributed by atoms with Gasteiger partial charge in [0, 0.05) is 26.8 Å². The van der Waals surface area contributed by atoms with E-state index in [1.165, 1.54) is 0 Å². The molecule has 0 bridgehead atoms. The number of hydrogen-bond donors (Lipinski definition) is 2. The van der Waals surface area contributed by atoms with Crippen molar-refractivity contribution < 1.29 is 9.59 Å². The van der Waals surface area contributed by atoms with Gasteiger partial charge in [-0.3, -0.25) is 9.59 Å². The summed E-state index contributed by atoms with van der Waals surface area (Å²) in [7, 11) is 0. The molecule has 4 nitrogen and oxygen atoms in total. The molecule has 0 saturated heterocycles. The van der Waals surface area contributed by atoms with Gasteiger partial charge in [-0.1, -0.05) is 23.7 Å². The van der Waals surface area contributed by atoms with Crippen molar-refractivity contribution in [3.05, 3.63) is 67.9 Å². The zero-order valence-electron chi connectivity index (χ0n) is 13.5. The van der Waals surface area contributed by atoms with Crippen molar-refractivity contribution in [2.24, 2.45) is 0 Å². The highest BCUT2D eigenvalue weighted by Gasteiger charge is 2.20. The van der Waals surface area contributed by atoms with Crippen LogP contribution in [0.4, 0.5) is 11.4 Å². The first-order valence-electron chi connectivity index (χ1n) is 7.81. The smallest absolute Gasteiger partial charge is 0.255 e. The van der Waals surface area contributed by atoms with Crippen LogP contribution in [0.3, 0.4) is 0 Å². The Labute approximate surface area is 164 Å². The summed E-state index contributed by atoms with van der Waals surface area (Å²) < 4.78 is 0.964. The van der Waals surface area contributed by atoms with Gasteiger partial charge in [-0.05, 0) is 66.3 Å². The number of benzene rings is 2. The normalized spacial score (nSPS) is 14.0. The average molecular weight is 467 g/mol. The number of Topliss-reactive ketones (excluding diaryl/α,β-unsaturated/α-hetero) is 1. The van der Waals surface area contributed by atoms with E-state index in [4.69, 9.17) is 11.6 Å². The van der Waals surface area contributed by atoms with Gasteiger partial charge >= 0.3 is 0 Å². The summed E-state index contributed by atoms with van der Waals surface area (Å²) in [5.74, 6) is -0.0665. The Hall–Kier alpha value is -1.86. The van der Waals surface area contributed by atoms with Crippen molar-refractivity contribution in [3.8, 4) is 0 Å². The number of para-hydroxylation sites is 1. The molecule has 0 fully saturated rings. The average Bonchev–Trinajstić information content (AvgIpc) is 2.91. The van der Waals surface area contributed by atoms with Crippen molar-refractivity contribution in [1.29, 1.82) is 0 Å². The number of halogens is 2. The first-order valence-corrected chi connectivity index (χ1v) is 9.27. The fourth-order valence-corrected chi connectivity index (χ4v) is 3.31. The minimum absolute atomic E-state index is 0.145. The molecule has 0 atom stereocenters. The molecule has 3 rings (SSSR count). The Balaban J connectivity index is 1.83. The van der Waals surface area contributed by atoms with Crippen molar-refractivity contribution in [3.63, 3.8) is 0 Å². The van der Waals surface area contributed by atoms with Gasteiger partial charge in [-0.15, -0.1) is 0 Å². The Kier molecular flexibility index (Phi) is 5.44. The van der Waals surface area contributed by atoms with Gasteiger partial charge in [0.1, 0.15) is 0 Å². The van der Waals surface area contributed by atoms with E-state index < -0.39 is 0 Å².